The van der Waals surface area contributed by atoms with Gasteiger partial charge in [-0.25, -0.2) is 18.3 Å². The molecule has 0 bridgehead atoms. The fourth-order valence-electron chi connectivity index (χ4n) is 4.25. The molecule has 0 aromatic carbocycles. The summed E-state index contributed by atoms with van der Waals surface area (Å²) in [6, 6.07) is 3.70. The lowest BCUT2D eigenvalue weighted by atomic mass is 9.99. The molecule has 13 heteroatoms. The van der Waals surface area contributed by atoms with Crippen LogP contribution >= 0.6 is 0 Å². The average Bonchev–Trinajstić information content (AvgIpc) is 3.62. The van der Waals surface area contributed by atoms with Crippen molar-refractivity contribution in [1.29, 1.82) is 0 Å². The number of nitrogens with one attached hydrogen (secondary N) is 1. The highest BCUT2D eigenvalue weighted by Gasteiger charge is 2.38. The first-order valence-electron chi connectivity index (χ1n) is 10.4. The summed E-state index contributed by atoms with van der Waals surface area (Å²) in [6.45, 7) is 0.318. The molecule has 0 aliphatic carbocycles. The fourth-order valence-corrected chi connectivity index (χ4v) is 4.25. The molecule has 5 aromatic rings. The number of imidazole rings is 1. The first-order chi connectivity index (χ1) is 16.5. The molecular formula is C21H17F2N9O2. The molecule has 0 fully saturated rings. The molecule has 172 valence electrons. The van der Waals surface area contributed by atoms with Gasteiger partial charge in [0.1, 0.15) is 6.04 Å². The van der Waals surface area contributed by atoms with E-state index in [1.54, 1.807) is 42.7 Å². The van der Waals surface area contributed by atoms with Gasteiger partial charge < -0.3 is 14.3 Å². The second-order valence-electron chi connectivity index (χ2n) is 7.90. The van der Waals surface area contributed by atoms with Crippen LogP contribution < -0.4 is 0 Å². The number of pyridine rings is 1. The van der Waals surface area contributed by atoms with E-state index in [9.17, 15) is 13.6 Å². The Bertz CT molecular complexity index is 1520. The highest BCUT2D eigenvalue weighted by molar-refractivity contribution is 5.90. The van der Waals surface area contributed by atoms with Crippen LogP contribution in [0.15, 0.2) is 47.5 Å². The molecule has 34 heavy (non-hydrogen) atoms. The molecule has 0 unspecified atom stereocenters. The van der Waals surface area contributed by atoms with Crippen molar-refractivity contribution in [3.8, 4) is 11.5 Å². The quantitative estimate of drug-likeness (QED) is 0.433. The van der Waals surface area contributed by atoms with Gasteiger partial charge in [-0.05, 0) is 18.2 Å². The third-order valence-corrected chi connectivity index (χ3v) is 5.81. The number of alkyl halides is 2. The van der Waals surface area contributed by atoms with E-state index in [1.165, 1.54) is 21.5 Å². The molecule has 5 aromatic heterocycles. The van der Waals surface area contributed by atoms with Crippen molar-refractivity contribution in [2.24, 2.45) is 7.05 Å². The van der Waals surface area contributed by atoms with Gasteiger partial charge in [-0.3, -0.25) is 9.48 Å². The predicted molar refractivity (Wildman–Crippen MR) is 112 cm³/mol. The molecule has 0 radical (unpaired) electrons. The summed E-state index contributed by atoms with van der Waals surface area (Å²) in [6.07, 6.45) is 4.24. The molecule has 1 aliphatic heterocycles. The molecule has 0 saturated carbocycles. The highest BCUT2D eigenvalue weighted by Crippen LogP contribution is 2.35. The minimum atomic E-state index is -2.66. The van der Waals surface area contributed by atoms with Crippen molar-refractivity contribution >= 4 is 11.4 Å². The fraction of sp³-hybridized carbons (Fsp3) is 0.238. The molecule has 6 heterocycles. The van der Waals surface area contributed by atoms with Crippen LogP contribution in [0.5, 0.6) is 0 Å². The standard InChI is InChI=1S/C21H17F2N9O2/c1-30-9-11(8-26-30)19-27-28-20(34-19)21(33)31-6-4-13-16(25-10-24-13)17(31)14-7-15-12(18(22)23)3-2-5-32(15)29-14/h2-3,5,7-10,17-18H,4,6H2,1H3,(H,24,25)/t17-/m0/s1. The van der Waals surface area contributed by atoms with E-state index in [2.05, 4.69) is 30.4 Å². The number of halogens is 2. The molecule has 0 spiro atoms. The van der Waals surface area contributed by atoms with Gasteiger partial charge in [0.05, 0.1) is 35.0 Å². The van der Waals surface area contributed by atoms with Gasteiger partial charge in [0.25, 0.3) is 12.3 Å². The molecule has 1 N–H and O–H groups in total. The van der Waals surface area contributed by atoms with Gasteiger partial charge in [-0.2, -0.15) is 10.2 Å². The van der Waals surface area contributed by atoms with Crippen LogP contribution in [0.2, 0.25) is 0 Å². The van der Waals surface area contributed by atoms with Crippen LogP contribution in [-0.2, 0) is 13.5 Å². The van der Waals surface area contributed by atoms with Gasteiger partial charge in [0, 0.05) is 43.7 Å². The summed E-state index contributed by atoms with van der Waals surface area (Å²) in [7, 11) is 1.75. The van der Waals surface area contributed by atoms with Crippen molar-refractivity contribution in [1.82, 2.24) is 44.5 Å². The number of rotatable bonds is 4. The van der Waals surface area contributed by atoms with Gasteiger partial charge >= 0.3 is 11.8 Å². The second kappa shape index (κ2) is 7.57. The lowest BCUT2D eigenvalue weighted by Crippen LogP contribution is -2.41. The Labute approximate surface area is 190 Å². The Morgan fingerprint density at radius 1 is 1.32 bits per heavy atom. The van der Waals surface area contributed by atoms with Crippen molar-refractivity contribution < 1.29 is 18.0 Å². The lowest BCUT2D eigenvalue weighted by Gasteiger charge is -2.32. The monoisotopic (exact) mass is 465 g/mol. The van der Waals surface area contributed by atoms with Crippen molar-refractivity contribution in [3.05, 3.63) is 71.7 Å². The van der Waals surface area contributed by atoms with Gasteiger partial charge in [-0.1, -0.05) is 0 Å². The van der Waals surface area contributed by atoms with Crippen LogP contribution in [0.4, 0.5) is 8.78 Å². The smallest absolute Gasteiger partial charge is 0.312 e. The molecular weight excluding hydrogens is 448 g/mol. The zero-order chi connectivity index (χ0) is 23.4. The molecule has 1 amide bonds. The summed E-state index contributed by atoms with van der Waals surface area (Å²) in [4.78, 5) is 22.5. The van der Waals surface area contributed by atoms with Crippen molar-refractivity contribution in [3.63, 3.8) is 0 Å². The number of nitrogens with zero attached hydrogens (tertiary/aromatic N) is 8. The Kier molecular flexibility index (Phi) is 4.50. The van der Waals surface area contributed by atoms with E-state index >= 15 is 0 Å². The van der Waals surface area contributed by atoms with Crippen LogP contribution in [0, 0.1) is 0 Å². The third kappa shape index (κ3) is 3.16. The maximum atomic E-state index is 13.6. The first kappa shape index (κ1) is 20.2. The van der Waals surface area contributed by atoms with E-state index in [1.807, 2.05) is 0 Å². The number of H-pyrrole nitrogens is 1. The second-order valence-corrected chi connectivity index (χ2v) is 7.90. The maximum Gasteiger partial charge on any atom is 0.312 e. The first-order valence-corrected chi connectivity index (χ1v) is 10.4. The SMILES string of the molecule is Cn1cc(-c2nnc(C(=O)N3CCc4[nH]cnc4[C@@H]3c3cc4c(C(F)F)cccn4n3)o2)cn1. The number of hydrogen-bond acceptors (Lipinski definition) is 7. The van der Waals surface area contributed by atoms with Gasteiger partial charge in [0.15, 0.2) is 0 Å². The zero-order valence-electron chi connectivity index (χ0n) is 17.8. The highest BCUT2D eigenvalue weighted by atomic mass is 19.3. The lowest BCUT2D eigenvalue weighted by molar-refractivity contribution is 0.0646. The Hall–Kier alpha value is -4.42. The Balaban J connectivity index is 1.41. The number of hydrogen-bond donors (Lipinski definition) is 1. The van der Waals surface area contributed by atoms with E-state index < -0.39 is 18.4 Å². The summed E-state index contributed by atoms with van der Waals surface area (Å²) in [5.41, 5.74) is 2.55. The summed E-state index contributed by atoms with van der Waals surface area (Å²) >= 11 is 0. The Morgan fingerprint density at radius 2 is 2.21 bits per heavy atom. The van der Waals surface area contributed by atoms with Gasteiger partial charge in [0.2, 0.25) is 0 Å². The summed E-state index contributed by atoms with van der Waals surface area (Å²) < 4.78 is 35.7. The number of aryl methyl sites for hydroxylation is 1. The van der Waals surface area contributed by atoms with Crippen LogP contribution in [0.3, 0.4) is 0 Å². The number of amides is 1. The zero-order valence-corrected chi connectivity index (χ0v) is 17.8. The average molecular weight is 465 g/mol. The molecule has 0 saturated heterocycles. The largest absolute Gasteiger partial charge is 0.412 e. The minimum absolute atomic E-state index is 0.143. The van der Waals surface area contributed by atoms with E-state index in [4.69, 9.17) is 4.42 Å². The van der Waals surface area contributed by atoms with E-state index in [0.717, 1.165) is 5.69 Å². The number of carbonyl (C=O) groups is 1. The van der Waals surface area contributed by atoms with E-state index in [0.29, 0.717) is 29.9 Å². The van der Waals surface area contributed by atoms with Crippen molar-refractivity contribution in [2.75, 3.05) is 6.54 Å². The van der Waals surface area contributed by atoms with Crippen LogP contribution in [-0.4, -0.2) is 56.9 Å². The molecule has 1 aliphatic rings. The summed E-state index contributed by atoms with van der Waals surface area (Å²) in [5.74, 6) is -0.535. The molecule has 11 nitrogen and oxygen atoms in total. The van der Waals surface area contributed by atoms with Crippen LogP contribution in [0.25, 0.3) is 17.0 Å². The third-order valence-electron chi connectivity index (χ3n) is 5.81. The maximum absolute atomic E-state index is 13.6. The Morgan fingerprint density at radius 3 is 3.00 bits per heavy atom. The van der Waals surface area contributed by atoms with Crippen molar-refractivity contribution in [2.45, 2.75) is 18.9 Å². The van der Waals surface area contributed by atoms with Gasteiger partial charge in [-0.15, -0.1) is 10.2 Å². The number of fused-ring (bicyclic) bond motifs is 2. The topological polar surface area (TPSA) is 123 Å². The van der Waals surface area contributed by atoms with Crippen LogP contribution in [0.1, 0.15) is 45.8 Å². The summed E-state index contributed by atoms with van der Waals surface area (Å²) in [5, 5.41) is 16.5. The number of aromatic nitrogens is 8. The molecule has 6 rings (SSSR count). The number of aromatic amines is 1. The number of carbonyl (C=O) groups excluding carboxylic acids is 1. The normalized spacial score (nSPS) is 15.9. The predicted octanol–water partition coefficient (Wildman–Crippen LogP) is 2.57. The minimum Gasteiger partial charge on any atom is -0.412 e. The molecule has 1 atom stereocenters. The van der Waals surface area contributed by atoms with E-state index in [-0.39, 0.29) is 22.9 Å².